The Hall–Kier alpha value is -1.42. The molecule has 3 N–H and O–H groups in total. The van der Waals surface area contributed by atoms with Gasteiger partial charge in [-0.2, -0.15) is 0 Å². The van der Waals surface area contributed by atoms with Crippen LogP contribution in [0.3, 0.4) is 0 Å². The third-order valence-corrected chi connectivity index (χ3v) is 3.78. The largest absolute Gasteiger partial charge is 0.370 e. The number of likely N-dealkylation sites (N-methyl/N-ethyl adjacent to an activating group) is 1. The number of nitrogens with one attached hydrogen (secondary N) is 1. The van der Waals surface area contributed by atoms with E-state index in [0.29, 0.717) is 6.42 Å². The zero-order chi connectivity index (χ0) is 17.0. The fraction of sp³-hybridized carbons (Fsp3) is 0.667. The molecule has 0 aliphatic carbocycles. The monoisotopic (exact) mass is 308 g/mol. The van der Waals surface area contributed by atoms with Crippen molar-refractivity contribution in [2.45, 2.75) is 70.8 Å². The quantitative estimate of drug-likeness (QED) is 0.382. The fourth-order valence-electron chi connectivity index (χ4n) is 2.38. The first-order chi connectivity index (χ1) is 10.4. The lowest BCUT2D eigenvalue weighted by atomic mass is 9.98. The Balaban J connectivity index is 3.82. The van der Waals surface area contributed by atoms with E-state index in [4.69, 9.17) is 5.73 Å². The maximum atomic E-state index is 11.9. The topological polar surface area (TPSA) is 72.2 Å². The average molecular weight is 308 g/mol. The van der Waals surface area contributed by atoms with E-state index < -0.39 is 11.9 Å². The molecule has 1 atom stereocenters. The molecule has 0 saturated carbocycles. The number of nitrogens with two attached hydrogens (primary N) is 1. The van der Waals surface area contributed by atoms with Gasteiger partial charge in [-0.1, -0.05) is 37.6 Å². The van der Waals surface area contributed by atoms with Crippen molar-refractivity contribution in [3.05, 3.63) is 24.3 Å². The Bertz CT molecular complexity index is 389. The number of unbranched alkanes of at least 4 members (excludes halogenated alkanes) is 1. The first-order valence-corrected chi connectivity index (χ1v) is 8.22. The number of hydrogen-bond donors (Lipinski definition) is 2. The molecule has 1 unspecified atom stereocenters. The lowest BCUT2D eigenvalue weighted by Crippen LogP contribution is -2.37. The molecule has 126 valence electrons. The molecule has 0 saturated heterocycles. The van der Waals surface area contributed by atoms with Crippen molar-refractivity contribution in [2.24, 2.45) is 5.73 Å². The highest BCUT2D eigenvalue weighted by Gasteiger charge is 2.17. The summed E-state index contributed by atoms with van der Waals surface area (Å²) in [6.07, 6.45) is 7.53. The molecule has 22 heavy (non-hydrogen) atoms. The van der Waals surface area contributed by atoms with Crippen LogP contribution in [0.5, 0.6) is 0 Å². The summed E-state index contributed by atoms with van der Waals surface area (Å²) in [5.41, 5.74) is 7.65. The molecule has 0 heterocycles. The summed E-state index contributed by atoms with van der Waals surface area (Å²) in [6, 6.07) is -0.446. The number of rotatable bonds is 14. The van der Waals surface area contributed by atoms with Gasteiger partial charge in [0, 0.05) is 12.8 Å². The molecule has 0 aromatic carbocycles. The number of hydrogen-bond acceptors (Lipinski definition) is 3. The van der Waals surface area contributed by atoms with Crippen LogP contribution >= 0.6 is 0 Å². The molecule has 0 rings (SSSR count). The van der Waals surface area contributed by atoms with Crippen LogP contribution in [0.25, 0.3) is 0 Å². The van der Waals surface area contributed by atoms with Crippen molar-refractivity contribution in [2.75, 3.05) is 7.05 Å². The Labute approximate surface area is 135 Å². The lowest BCUT2D eigenvalue weighted by Gasteiger charge is -2.13. The van der Waals surface area contributed by atoms with Crippen molar-refractivity contribution in [3.8, 4) is 0 Å². The number of amides is 1. The summed E-state index contributed by atoms with van der Waals surface area (Å²) in [7, 11) is 1.68. The van der Waals surface area contributed by atoms with Crippen LogP contribution in [-0.2, 0) is 9.59 Å². The number of primary amides is 1. The van der Waals surface area contributed by atoms with Gasteiger partial charge < -0.3 is 11.1 Å². The van der Waals surface area contributed by atoms with Gasteiger partial charge >= 0.3 is 0 Å². The van der Waals surface area contributed by atoms with E-state index in [1.54, 1.807) is 7.05 Å². The minimum Gasteiger partial charge on any atom is -0.370 e. The maximum absolute atomic E-state index is 11.9. The van der Waals surface area contributed by atoms with Gasteiger partial charge in [0.05, 0.1) is 6.04 Å². The van der Waals surface area contributed by atoms with E-state index >= 15 is 0 Å². The van der Waals surface area contributed by atoms with Crippen LogP contribution in [0.1, 0.15) is 64.7 Å². The number of carbonyl (C=O) groups excluding carboxylic acids is 2. The van der Waals surface area contributed by atoms with Gasteiger partial charge in [0.25, 0.3) is 0 Å². The minimum atomic E-state index is -0.451. The van der Waals surface area contributed by atoms with Crippen LogP contribution in [0.2, 0.25) is 0 Å². The summed E-state index contributed by atoms with van der Waals surface area (Å²) >= 11 is 0. The number of Topliss-reactive ketones (excluding diaryl/α,β-unsaturated/α-hetero) is 1. The Kier molecular flexibility index (Phi) is 11.4. The normalized spacial score (nSPS) is 11.9. The molecule has 4 nitrogen and oxygen atoms in total. The molecule has 0 aromatic heterocycles. The van der Waals surface area contributed by atoms with E-state index in [0.717, 1.165) is 44.9 Å². The predicted octanol–water partition coefficient (Wildman–Crippen LogP) is 3.27. The molecule has 0 fully saturated rings. The highest BCUT2D eigenvalue weighted by molar-refractivity contribution is 5.89. The molecule has 0 radical (unpaired) electrons. The summed E-state index contributed by atoms with van der Waals surface area (Å²) in [5.74, 6) is -0.392. The van der Waals surface area contributed by atoms with Crippen molar-refractivity contribution in [1.82, 2.24) is 5.32 Å². The minimum absolute atomic E-state index is 0.0586. The van der Waals surface area contributed by atoms with E-state index in [9.17, 15) is 9.59 Å². The molecule has 0 spiro atoms. The third-order valence-electron chi connectivity index (χ3n) is 3.78. The van der Waals surface area contributed by atoms with Crippen LogP contribution in [0.4, 0.5) is 0 Å². The second kappa shape index (κ2) is 12.2. The highest BCUT2D eigenvalue weighted by Crippen LogP contribution is 2.18. The van der Waals surface area contributed by atoms with E-state index in [2.05, 4.69) is 25.4 Å². The number of ketones is 1. The van der Waals surface area contributed by atoms with Crippen LogP contribution in [0, 0.1) is 0 Å². The SMILES string of the molecule is C=C(CCC)CCC(=C)CCCCC(=O)C(CC(N)=O)NC. The Morgan fingerprint density at radius 1 is 1.00 bits per heavy atom. The van der Waals surface area contributed by atoms with Crippen LogP contribution in [0.15, 0.2) is 24.3 Å². The Morgan fingerprint density at radius 3 is 2.05 bits per heavy atom. The third kappa shape index (κ3) is 10.3. The molecule has 0 aliphatic rings. The van der Waals surface area contributed by atoms with Crippen molar-refractivity contribution >= 4 is 11.7 Å². The molecule has 0 aromatic rings. The summed E-state index contributed by atoms with van der Waals surface area (Å²) in [6.45, 7) is 10.3. The first-order valence-electron chi connectivity index (χ1n) is 8.22. The molecule has 0 bridgehead atoms. The van der Waals surface area contributed by atoms with Gasteiger partial charge in [-0.25, -0.2) is 0 Å². The standard InChI is InChI=1S/C18H32N2O2/c1-5-8-14(2)11-12-15(3)9-6-7-10-17(21)16(20-4)13-18(19)22/h16,20H,2-3,5-13H2,1,4H3,(H2,19,22). The predicted molar refractivity (Wildman–Crippen MR) is 92.6 cm³/mol. The fourth-order valence-corrected chi connectivity index (χ4v) is 2.38. The van der Waals surface area contributed by atoms with Gasteiger partial charge in [0.1, 0.15) is 5.78 Å². The summed E-state index contributed by atoms with van der Waals surface area (Å²) in [4.78, 5) is 22.8. The van der Waals surface area contributed by atoms with E-state index in [1.165, 1.54) is 11.1 Å². The van der Waals surface area contributed by atoms with E-state index in [1.807, 2.05) is 0 Å². The van der Waals surface area contributed by atoms with Gasteiger partial charge in [-0.15, -0.1) is 0 Å². The second-order valence-corrected chi connectivity index (χ2v) is 5.94. The summed E-state index contributed by atoms with van der Waals surface area (Å²) in [5, 5.41) is 2.85. The lowest BCUT2D eigenvalue weighted by molar-refractivity contribution is -0.125. The summed E-state index contributed by atoms with van der Waals surface area (Å²) < 4.78 is 0. The molecule has 1 amide bonds. The number of carbonyl (C=O) groups is 2. The van der Waals surface area contributed by atoms with Crippen molar-refractivity contribution < 1.29 is 9.59 Å². The highest BCUT2D eigenvalue weighted by atomic mass is 16.1. The zero-order valence-electron chi connectivity index (χ0n) is 14.2. The molecular formula is C18H32N2O2. The van der Waals surface area contributed by atoms with Crippen LogP contribution < -0.4 is 11.1 Å². The van der Waals surface area contributed by atoms with Gasteiger partial charge in [-0.05, 0) is 45.6 Å². The molecular weight excluding hydrogens is 276 g/mol. The van der Waals surface area contributed by atoms with Gasteiger partial charge in [-0.3, -0.25) is 9.59 Å². The zero-order valence-corrected chi connectivity index (χ0v) is 14.2. The Morgan fingerprint density at radius 2 is 1.55 bits per heavy atom. The maximum Gasteiger partial charge on any atom is 0.219 e. The second-order valence-electron chi connectivity index (χ2n) is 5.94. The number of allylic oxidation sites excluding steroid dienone is 2. The van der Waals surface area contributed by atoms with Gasteiger partial charge in [0.15, 0.2) is 0 Å². The molecule has 4 heteroatoms. The first kappa shape index (κ1) is 20.6. The van der Waals surface area contributed by atoms with Crippen molar-refractivity contribution in [3.63, 3.8) is 0 Å². The van der Waals surface area contributed by atoms with Gasteiger partial charge in [0.2, 0.25) is 5.91 Å². The smallest absolute Gasteiger partial charge is 0.219 e. The molecule has 0 aliphatic heterocycles. The van der Waals surface area contributed by atoms with Crippen molar-refractivity contribution in [1.29, 1.82) is 0 Å². The van der Waals surface area contributed by atoms with E-state index in [-0.39, 0.29) is 12.2 Å². The average Bonchev–Trinajstić information content (AvgIpc) is 2.46. The van der Waals surface area contributed by atoms with Crippen LogP contribution in [-0.4, -0.2) is 24.8 Å².